The molecule has 1 heterocycles. The molecule has 0 saturated carbocycles. The second kappa shape index (κ2) is 6.49. The summed E-state index contributed by atoms with van der Waals surface area (Å²) in [5.41, 5.74) is 0. The first-order chi connectivity index (χ1) is 7.67. The summed E-state index contributed by atoms with van der Waals surface area (Å²) in [6.45, 7) is 1.02. The van der Waals surface area contributed by atoms with Crippen molar-refractivity contribution in [3.8, 4) is 0 Å². The Labute approximate surface area is 98.2 Å². The van der Waals surface area contributed by atoms with Crippen LogP contribution in [0.4, 0.5) is 0 Å². The molecule has 0 unspecified atom stereocenters. The van der Waals surface area contributed by atoms with Gasteiger partial charge in [-0.3, -0.25) is 14.6 Å². The van der Waals surface area contributed by atoms with Gasteiger partial charge in [-0.25, -0.2) is 0 Å². The summed E-state index contributed by atoms with van der Waals surface area (Å²) in [6, 6.07) is 0. The lowest BCUT2D eigenvalue weighted by atomic mass is 10.3. The van der Waals surface area contributed by atoms with E-state index in [1.54, 1.807) is 14.2 Å². The first-order valence-electron chi connectivity index (χ1n) is 4.89. The number of aliphatic imine (C=N–C) groups is 1. The number of thioether (sulfide) groups is 1. The van der Waals surface area contributed by atoms with Crippen molar-refractivity contribution in [1.82, 2.24) is 10.6 Å². The maximum absolute atomic E-state index is 11.4. The number of hydrogen-bond donors (Lipinski definition) is 2. The van der Waals surface area contributed by atoms with Gasteiger partial charge in [0.15, 0.2) is 5.17 Å². The van der Waals surface area contributed by atoms with Gasteiger partial charge in [0.05, 0.1) is 13.2 Å². The molecule has 1 rings (SSSR count). The standard InChI is InChI=1S/C9H15N3O3S/c1-10-7(13)5-6-8(14)12-9(16-6)11-3-4-15-2/h6H,3-5H2,1-2H3,(H,10,13)(H,11,12,14)/t6-/m0/s1. The van der Waals surface area contributed by atoms with Gasteiger partial charge < -0.3 is 15.4 Å². The second-order valence-electron chi connectivity index (χ2n) is 3.15. The lowest BCUT2D eigenvalue weighted by Gasteiger charge is -2.02. The summed E-state index contributed by atoms with van der Waals surface area (Å²) in [5.74, 6) is -0.310. The number of amidine groups is 1. The average molecular weight is 245 g/mol. The molecule has 0 aromatic rings. The number of carbonyl (C=O) groups is 2. The number of carbonyl (C=O) groups excluding carboxylic acids is 2. The molecule has 1 aliphatic rings. The summed E-state index contributed by atoms with van der Waals surface area (Å²) in [5, 5.41) is 5.31. The maximum Gasteiger partial charge on any atom is 0.240 e. The van der Waals surface area contributed by atoms with Crippen LogP contribution in [0.2, 0.25) is 0 Å². The third-order valence-corrected chi connectivity index (χ3v) is 3.10. The van der Waals surface area contributed by atoms with Gasteiger partial charge in [-0.1, -0.05) is 11.8 Å². The first-order valence-corrected chi connectivity index (χ1v) is 5.76. The first kappa shape index (κ1) is 13.0. The number of rotatable bonds is 5. The Morgan fingerprint density at radius 1 is 1.69 bits per heavy atom. The van der Waals surface area contributed by atoms with Crippen molar-refractivity contribution < 1.29 is 14.3 Å². The molecule has 1 atom stereocenters. The molecular formula is C9H15N3O3S. The normalized spacial score (nSPS) is 22.2. The number of hydrogen-bond acceptors (Lipinski definition) is 5. The van der Waals surface area contributed by atoms with Crippen LogP contribution < -0.4 is 10.6 Å². The molecule has 6 nitrogen and oxygen atoms in total. The zero-order valence-electron chi connectivity index (χ0n) is 9.28. The monoisotopic (exact) mass is 245 g/mol. The van der Waals surface area contributed by atoms with E-state index in [1.165, 1.54) is 11.8 Å². The molecule has 90 valence electrons. The van der Waals surface area contributed by atoms with E-state index in [1.807, 2.05) is 0 Å². The number of amides is 2. The van der Waals surface area contributed by atoms with Gasteiger partial charge in [0.2, 0.25) is 11.8 Å². The predicted molar refractivity (Wildman–Crippen MR) is 62.4 cm³/mol. The number of nitrogens with one attached hydrogen (secondary N) is 2. The average Bonchev–Trinajstić information content (AvgIpc) is 2.60. The van der Waals surface area contributed by atoms with E-state index in [0.29, 0.717) is 18.3 Å². The molecule has 1 saturated heterocycles. The van der Waals surface area contributed by atoms with Crippen molar-refractivity contribution in [1.29, 1.82) is 0 Å². The zero-order chi connectivity index (χ0) is 12.0. The fraction of sp³-hybridized carbons (Fsp3) is 0.667. The largest absolute Gasteiger partial charge is 0.383 e. The third kappa shape index (κ3) is 3.82. The van der Waals surface area contributed by atoms with E-state index >= 15 is 0 Å². The molecule has 0 spiro atoms. The molecule has 0 bridgehead atoms. The molecule has 1 aliphatic heterocycles. The van der Waals surface area contributed by atoms with Crippen molar-refractivity contribution >= 4 is 28.7 Å². The van der Waals surface area contributed by atoms with Crippen LogP contribution in [0.15, 0.2) is 4.99 Å². The topological polar surface area (TPSA) is 79.8 Å². The van der Waals surface area contributed by atoms with Crippen LogP contribution in [0, 0.1) is 0 Å². The van der Waals surface area contributed by atoms with Crippen LogP contribution in [0.1, 0.15) is 6.42 Å². The van der Waals surface area contributed by atoms with Crippen molar-refractivity contribution in [3.05, 3.63) is 0 Å². The van der Waals surface area contributed by atoms with E-state index < -0.39 is 0 Å². The van der Waals surface area contributed by atoms with Crippen LogP contribution >= 0.6 is 11.8 Å². The minimum atomic E-state index is -0.374. The highest BCUT2D eigenvalue weighted by atomic mass is 32.2. The highest BCUT2D eigenvalue weighted by molar-refractivity contribution is 8.15. The van der Waals surface area contributed by atoms with Crippen LogP contribution in [-0.2, 0) is 14.3 Å². The van der Waals surface area contributed by atoms with E-state index in [2.05, 4.69) is 15.6 Å². The summed E-state index contributed by atoms with van der Waals surface area (Å²) in [6.07, 6.45) is 0.177. The third-order valence-electron chi connectivity index (χ3n) is 1.98. The SMILES string of the molecule is CNC(=O)C[C@@H]1SC(=NCCOC)NC1=O. The van der Waals surface area contributed by atoms with Crippen molar-refractivity contribution in [2.75, 3.05) is 27.3 Å². The minimum absolute atomic E-state index is 0.147. The van der Waals surface area contributed by atoms with Gasteiger partial charge in [-0.2, -0.15) is 0 Å². The van der Waals surface area contributed by atoms with E-state index in [4.69, 9.17) is 4.74 Å². The molecule has 2 amide bonds. The van der Waals surface area contributed by atoms with Crippen LogP contribution in [0.25, 0.3) is 0 Å². The molecule has 0 aromatic carbocycles. The van der Waals surface area contributed by atoms with Crippen molar-refractivity contribution in [3.63, 3.8) is 0 Å². The lowest BCUT2D eigenvalue weighted by Crippen LogP contribution is -2.29. The summed E-state index contributed by atoms with van der Waals surface area (Å²) >= 11 is 1.29. The predicted octanol–water partition coefficient (Wildman–Crippen LogP) is -0.643. The lowest BCUT2D eigenvalue weighted by molar-refractivity contribution is -0.124. The van der Waals surface area contributed by atoms with Crippen molar-refractivity contribution in [2.24, 2.45) is 4.99 Å². The molecule has 0 aromatic heterocycles. The molecular weight excluding hydrogens is 230 g/mol. The van der Waals surface area contributed by atoms with Crippen LogP contribution in [0.5, 0.6) is 0 Å². The van der Waals surface area contributed by atoms with Gasteiger partial charge in [-0.05, 0) is 0 Å². The van der Waals surface area contributed by atoms with Crippen molar-refractivity contribution in [2.45, 2.75) is 11.7 Å². The van der Waals surface area contributed by atoms with E-state index in [-0.39, 0.29) is 23.5 Å². The Morgan fingerprint density at radius 2 is 2.44 bits per heavy atom. The molecule has 16 heavy (non-hydrogen) atoms. The summed E-state index contributed by atoms with van der Waals surface area (Å²) in [7, 11) is 3.14. The fourth-order valence-electron chi connectivity index (χ4n) is 1.12. The molecule has 7 heteroatoms. The quantitative estimate of drug-likeness (QED) is 0.631. The number of ether oxygens (including phenoxy) is 1. The maximum atomic E-state index is 11.4. The van der Waals surface area contributed by atoms with Gasteiger partial charge in [0.25, 0.3) is 0 Å². The molecule has 1 fully saturated rings. The number of methoxy groups -OCH3 is 1. The van der Waals surface area contributed by atoms with Gasteiger partial charge in [-0.15, -0.1) is 0 Å². The minimum Gasteiger partial charge on any atom is -0.383 e. The van der Waals surface area contributed by atoms with E-state index in [0.717, 1.165) is 0 Å². The smallest absolute Gasteiger partial charge is 0.240 e. The van der Waals surface area contributed by atoms with E-state index in [9.17, 15) is 9.59 Å². The van der Waals surface area contributed by atoms with Crippen LogP contribution in [-0.4, -0.2) is 49.5 Å². The second-order valence-corrected chi connectivity index (χ2v) is 4.34. The molecule has 0 aliphatic carbocycles. The fourth-order valence-corrected chi connectivity index (χ4v) is 2.12. The zero-order valence-corrected chi connectivity index (χ0v) is 10.1. The van der Waals surface area contributed by atoms with Gasteiger partial charge in [0, 0.05) is 20.6 Å². The Bertz CT molecular complexity index is 306. The summed E-state index contributed by atoms with van der Waals surface area (Å²) < 4.78 is 4.84. The van der Waals surface area contributed by atoms with Gasteiger partial charge >= 0.3 is 0 Å². The summed E-state index contributed by atoms with van der Waals surface area (Å²) in [4.78, 5) is 26.7. The Balaban J connectivity index is 2.44. The Morgan fingerprint density at radius 3 is 3.06 bits per heavy atom. The van der Waals surface area contributed by atoms with Crippen LogP contribution in [0.3, 0.4) is 0 Å². The molecule has 2 N–H and O–H groups in total. The Hall–Kier alpha value is -1.08. The highest BCUT2D eigenvalue weighted by Gasteiger charge is 2.31. The Kier molecular flexibility index (Phi) is 5.27. The number of nitrogens with zero attached hydrogens (tertiary/aromatic N) is 1. The van der Waals surface area contributed by atoms with Gasteiger partial charge in [0.1, 0.15) is 5.25 Å². The highest BCUT2D eigenvalue weighted by Crippen LogP contribution is 2.21. The molecule has 0 radical (unpaired) electrons.